The first kappa shape index (κ1) is 18.5. The molecule has 2 nitrogen and oxygen atoms in total. The summed E-state index contributed by atoms with van der Waals surface area (Å²) in [5, 5.41) is 0.700. The smallest absolute Gasteiger partial charge is 0.398 e. The van der Waals surface area contributed by atoms with Crippen LogP contribution in [-0.4, -0.2) is 18.3 Å². The molecule has 1 aliphatic heterocycles. The van der Waals surface area contributed by atoms with Crippen LogP contribution in [0.2, 0.25) is 5.02 Å². The maximum atomic E-state index is 14.6. The first-order valence-corrected chi connectivity index (χ1v) is 8.28. The van der Waals surface area contributed by atoms with E-state index in [2.05, 4.69) is 0 Å². The zero-order valence-electron chi connectivity index (χ0n) is 14.7. The van der Waals surface area contributed by atoms with Gasteiger partial charge in [0, 0.05) is 5.02 Å². The second-order valence-electron chi connectivity index (χ2n) is 7.91. The van der Waals surface area contributed by atoms with Crippen molar-refractivity contribution in [2.24, 2.45) is 5.41 Å². The average molecular weight is 339 g/mol. The van der Waals surface area contributed by atoms with Crippen LogP contribution in [0.1, 0.15) is 47.1 Å². The molecule has 0 saturated carbocycles. The first-order chi connectivity index (χ1) is 10.4. The molecule has 0 spiro atoms. The molecule has 1 aromatic carbocycles. The van der Waals surface area contributed by atoms with E-state index in [0.717, 1.165) is 5.56 Å². The van der Waals surface area contributed by atoms with E-state index < -0.39 is 18.3 Å². The largest absolute Gasteiger partial charge is 0.524 e. The molecule has 1 aliphatic rings. The summed E-state index contributed by atoms with van der Waals surface area (Å²) in [5.41, 5.74) is -0.701. The van der Waals surface area contributed by atoms with Crippen molar-refractivity contribution in [2.75, 3.05) is 0 Å². The van der Waals surface area contributed by atoms with Crippen molar-refractivity contribution in [3.05, 3.63) is 46.7 Å². The van der Waals surface area contributed by atoms with Gasteiger partial charge >= 0.3 is 7.12 Å². The molecule has 0 atom stereocenters. The molecule has 2 rings (SSSR count). The van der Waals surface area contributed by atoms with Crippen molar-refractivity contribution in [1.82, 2.24) is 0 Å². The van der Waals surface area contributed by atoms with Gasteiger partial charge in [0.1, 0.15) is 5.73 Å². The van der Waals surface area contributed by atoms with E-state index in [1.165, 1.54) is 0 Å². The van der Waals surface area contributed by atoms with Crippen LogP contribution in [-0.2, 0) is 15.7 Å². The van der Waals surface area contributed by atoms with Crippen LogP contribution in [0.25, 0.3) is 0 Å². The van der Waals surface area contributed by atoms with Gasteiger partial charge in [0.15, 0.2) is 0 Å². The summed E-state index contributed by atoms with van der Waals surface area (Å²) in [6.07, 6.45) is 2.31. The second kappa shape index (κ2) is 6.23. The van der Waals surface area contributed by atoms with E-state index in [-0.39, 0.29) is 11.1 Å². The Kier molecular flexibility index (Phi) is 5.01. The van der Waals surface area contributed by atoms with Gasteiger partial charge in [-0.3, -0.25) is 0 Å². The molecule has 1 heterocycles. The number of rotatable bonds is 4. The van der Waals surface area contributed by atoms with Crippen LogP contribution in [0, 0.1) is 5.41 Å². The Bertz CT molecular complexity index is 578. The normalized spacial score (nSPS) is 20.9. The van der Waals surface area contributed by atoms with Crippen molar-refractivity contribution < 1.29 is 13.7 Å². The quantitative estimate of drug-likeness (QED) is 0.685. The SMILES string of the molecule is CC(C)(C=C(F)B1OC(C)(C)C(C)(C)O1)Cc1ccc(Cl)cc1. The summed E-state index contributed by atoms with van der Waals surface area (Å²) in [7, 11) is -0.940. The third-order valence-corrected chi connectivity index (χ3v) is 4.83. The van der Waals surface area contributed by atoms with Crippen molar-refractivity contribution in [3.63, 3.8) is 0 Å². The van der Waals surface area contributed by atoms with Crippen LogP contribution in [0.3, 0.4) is 0 Å². The second-order valence-corrected chi connectivity index (χ2v) is 8.35. The van der Waals surface area contributed by atoms with Crippen molar-refractivity contribution in [1.29, 1.82) is 0 Å². The lowest BCUT2D eigenvalue weighted by molar-refractivity contribution is 0.00578. The zero-order chi connectivity index (χ0) is 17.5. The highest BCUT2D eigenvalue weighted by Crippen LogP contribution is 2.39. The predicted octanol–water partition coefficient (Wildman–Crippen LogP) is 5.39. The summed E-state index contributed by atoms with van der Waals surface area (Å²) in [5.74, 6) is 0. The van der Waals surface area contributed by atoms with E-state index in [4.69, 9.17) is 20.9 Å². The minimum atomic E-state index is -0.940. The van der Waals surface area contributed by atoms with Gasteiger partial charge in [-0.05, 0) is 57.2 Å². The molecule has 0 aliphatic carbocycles. The lowest BCUT2D eigenvalue weighted by Crippen LogP contribution is -2.41. The highest BCUT2D eigenvalue weighted by Gasteiger charge is 2.53. The summed E-state index contributed by atoms with van der Waals surface area (Å²) in [4.78, 5) is 0. The van der Waals surface area contributed by atoms with Crippen LogP contribution >= 0.6 is 11.6 Å². The molecule has 0 bridgehead atoms. The summed E-state index contributed by atoms with van der Waals surface area (Å²) < 4.78 is 26.2. The lowest BCUT2D eigenvalue weighted by atomic mass is 9.79. The van der Waals surface area contributed by atoms with E-state index in [0.29, 0.717) is 11.4 Å². The molecule has 5 heteroatoms. The van der Waals surface area contributed by atoms with Crippen molar-refractivity contribution >= 4 is 18.7 Å². The Morgan fingerprint density at radius 2 is 1.61 bits per heavy atom. The minimum Gasteiger partial charge on any atom is -0.398 e. The number of hydrogen-bond donors (Lipinski definition) is 0. The molecule has 0 aromatic heterocycles. The Morgan fingerprint density at radius 1 is 1.13 bits per heavy atom. The highest BCUT2D eigenvalue weighted by atomic mass is 35.5. The number of hydrogen-bond acceptors (Lipinski definition) is 2. The molecule has 0 unspecified atom stereocenters. The summed E-state index contributed by atoms with van der Waals surface area (Å²) in [6.45, 7) is 11.6. The van der Waals surface area contributed by atoms with E-state index >= 15 is 0 Å². The highest BCUT2D eigenvalue weighted by molar-refractivity contribution is 6.53. The third-order valence-electron chi connectivity index (χ3n) is 4.58. The molecule has 1 fully saturated rings. The minimum absolute atomic E-state index is 0.360. The van der Waals surface area contributed by atoms with E-state index in [1.54, 1.807) is 6.08 Å². The monoisotopic (exact) mass is 338 g/mol. The van der Waals surface area contributed by atoms with Gasteiger partial charge in [-0.2, -0.15) is 0 Å². The maximum Gasteiger partial charge on any atom is 0.524 e. The van der Waals surface area contributed by atoms with Gasteiger partial charge in [0.2, 0.25) is 0 Å². The van der Waals surface area contributed by atoms with Crippen LogP contribution in [0.5, 0.6) is 0 Å². The topological polar surface area (TPSA) is 18.5 Å². The van der Waals surface area contributed by atoms with Crippen molar-refractivity contribution in [3.8, 4) is 0 Å². The van der Waals surface area contributed by atoms with Crippen LogP contribution < -0.4 is 0 Å². The fourth-order valence-corrected chi connectivity index (χ4v) is 2.70. The number of benzene rings is 1. The summed E-state index contributed by atoms with van der Waals surface area (Å²) >= 11 is 5.90. The average Bonchev–Trinajstić information content (AvgIpc) is 2.61. The Labute approximate surface area is 144 Å². The van der Waals surface area contributed by atoms with E-state index in [9.17, 15) is 4.39 Å². The third kappa shape index (κ3) is 4.37. The number of allylic oxidation sites excluding steroid dienone is 1. The molecule has 1 aromatic rings. The predicted molar refractivity (Wildman–Crippen MR) is 94.2 cm³/mol. The van der Waals surface area contributed by atoms with E-state index in [1.807, 2.05) is 65.8 Å². The van der Waals surface area contributed by atoms with Crippen molar-refractivity contribution in [2.45, 2.75) is 59.2 Å². The Balaban J connectivity index is 2.11. The van der Waals surface area contributed by atoms with Crippen LogP contribution in [0.4, 0.5) is 4.39 Å². The van der Waals surface area contributed by atoms with Gasteiger partial charge in [0.25, 0.3) is 0 Å². The molecule has 0 amide bonds. The molecule has 0 N–H and O–H groups in total. The Hall–Kier alpha value is -0.835. The molecular formula is C18H25BClFO2. The Morgan fingerprint density at radius 3 is 2.09 bits per heavy atom. The van der Waals surface area contributed by atoms with Gasteiger partial charge in [-0.25, -0.2) is 4.39 Å². The molecule has 0 radical (unpaired) electrons. The number of halogens is 2. The maximum absolute atomic E-state index is 14.6. The van der Waals surface area contributed by atoms with Gasteiger partial charge in [-0.1, -0.05) is 43.7 Å². The molecule has 1 saturated heterocycles. The zero-order valence-corrected chi connectivity index (χ0v) is 15.5. The van der Waals surface area contributed by atoms with Gasteiger partial charge < -0.3 is 9.31 Å². The molecular weight excluding hydrogens is 313 g/mol. The fraction of sp³-hybridized carbons (Fsp3) is 0.556. The summed E-state index contributed by atoms with van der Waals surface area (Å²) in [6, 6.07) is 7.62. The lowest BCUT2D eigenvalue weighted by Gasteiger charge is -2.32. The van der Waals surface area contributed by atoms with Gasteiger partial charge in [-0.15, -0.1) is 0 Å². The van der Waals surface area contributed by atoms with Crippen LogP contribution in [0.15, 0.2) is 36.1 Å². The first-order valence-electron chi connectivity index (χ1n) is 7.90. The molecule has 126 valence electrons. The molecule has 23 heavy (non-hydrogen) atoms. The van der Waals surface area contributed by atoms with Gasteiger partial charge in [0.05, 0.1) is 11.2 Å². The standard InChI is InChI=1S/C18H25BClFO2/c1-16(2,11-13-7-9-14(20)10-8-13)12-15(21)19-22-17(3,4)18(5,6)23-19/h7-10,12H,11H2,1-6H3. The fourth-order valence-electron chi connectivity index (χ4n) is 2.58.